The van der Waals surface area contributed by atoms with Crippen LogP contribution in [-0.2, 0) is 12.8 Å². The fourth-order valence-electron chi connectivity index (χ4n) is 1.57. The molecule has 0 aliphatic heterocycles. The summed E-state index contributed by atoms with van der Waals surface area (Å²) in [6.07, 6.45) is 0.846. The lowest BCUT2D eigenvalue weighted by atomic mass is 10.1. The highest BCUT2D eigenvalue weighted by atomic mass is 35.5. The molecule has 0 radical (unpaired) electrons. The lowest BCUT2D eigenvalue weighted by Gasteiger charge is -2.01. The second-order valence-corrected chi connectivity index (χ2v) is 4.91. The Kier molecular flexibility index (Phi) is 4.04. The van der Waals surface area contributed by atoms with Gasteiger partial charge in [-0.3, -0.25) is 4.79 Å². The van der Waals surface area contributed by atoms with Crippen molar-refractivity contribution < 1.29 is 9.18 Å². The molecule has 0 atom stereocenters. The van der Waals surface area contributed by atoms with Gasteiger partial charge in [-0.15, -0.1) is 5.10 Å². The van der Waals surface area contributed by atoms with Crippen LogP contribution in [-0.4, -0.2) is 15.4 Å². The molecule has 3 nitrogen and oxygen atoms in total. The van der Waals surface area contributed by atoms with E-state index in [9.17, 15) is 9.18 Å². The number of ketones is 1. The first-order valence-corrected chi connectivity index (χ1v) is 6.55. The Morgan fingerprint density at radius 1 is 1.50 bits per heavy atom. The molecule has 0 spiro atoms. The number of hydrogen-bond donors (Lipinski definition) is 0. The minimum absolute atomic E-state index is 0.0263. The summed E-state index contributed by atoms with van der Waals surface area (Å²) < 4.78 is 16.8. The molecule has 1 aromatic carbocycles. The van der Waals surface area contributed by atoms with Crippen molar-refractivity contribution in [3.63, 3.8) is 0 Å². The van der Waals surface area contributed by atoms with Gasteiger partial charge in [-0.1, -0.05) is 29.1 Å². The SMILES string of the molecule is CCc1nnsc1C(=O)Cc1ccc(F)c(Cl)c1. The van der Waals surface area contributed by atoms with E-state index >= 15 is 0 Å². The highest BCUT2D eigenvalue weighted by Gasteiger charge is 2.15. The minimum Gasteiger partial charge on any atom is -0.293 e. The third kappa shape index (κ3) is 2.73. The average molecular weight is 285 g/mol. The molecule has 2 aromatic rings. The molecule has 1 heterocycles. The third-order valence-electron chi connectivity index (χ3n) is 2.49. The summed E-state index contributed by atoms with van der Waals surface area (Å²) in [6, 6.07) is 4.28. The second kappa shape index (κ2) is 5.54. The van der Waals surface area contributed by atoms with Gasteiger partial charge in [-0.05, 0) is 35.6 Å². The van der Waals surface area contributed by atoms with Gasteiger partial charge in [0.2, 0.25) is 0 Å². The van der Waals surface area contributed by atoms with E-state index in [4.69, 9.17) is 11.6 Å². The van der Waals surface area contributed by atoms with Crippen LogP contribution in [0.15, 0.2) is 18.2 Å². The summed E-state index contributed by atoms with van der Waals surface area (Å²) in [5.74, 6) is -0.550. The Balaban J connectivity index is 2.19. The van der Waals surface area contributed by atoms with Crippen LogP contribution in [0.25, 0.3) is 0 Å². The molecular weight excluding hydrogens is 275 g/mol. The Hall–Kier alpha value is -1.33. The lowest BCUT2D eigenvalue weighted by Crippen LogP contribution is -2.04. The standard InChI is InChI=1S/C12H10ClFN2OS/c1-2-10-12(18-16-15-10)11(17)6-7-3-4-9(14)8(13)5-7/h3-5H,2,6H2,1H3. The highest BCUT2D eigenvalue weighted by Crippen LogP contribution is 2.19. The van der Waals surface area contributed by atoms with Gasteiger partial charge in [-0.2, -0.15) is 0 Å². The molecule has 0 fully saturated rings. The summed E-state index contributed by atoms with van der Waals surface area (Å²) >= 11 is 6.76. The zero-order valence-corrected chi connectivity index (χ0v) is 11.2. The van der Waals surface area contributed by atoms with Gasteiger partial charge in [0, 0.05) is 6.42 Å². The summed E-state index contributed by atoms with van der Waals surface area (Å²) in [7, 11) is 0. The molecule has 0 saturated carbocycles. The number of benzene rings is 1. The predicted octanol–water partition coefficient (Wildman–Crippen LogP) is 3.32. The van der Waals surface area contributed by atoms with Gasteiger partial charge >= 0.3 is 0 Å². The molecule has 94 valence electrons. The van der Waals surface area contributed by atoms with Crippen molar-refractivity contribution in [2.45, 2.75) is 19.8 Å². The number of halogens is 2. The number of Topliss-reactive ketones (excluding diaryl/α,β-unsaturated/α-hetero) is 1. The van der Waals surface area contributed by atoms with Crippen LogP contribution in [0.1, 0.15) is 27.9 Å². The number of carbonyl (C=O) groups is 1. The summed E-state index contributed by atoms with van der Waals surface area (Å²) in [5.41, 5.74) is 1.39. The number of carbonyl (C=O) groups excluding carboxylic acids is 1. The lowest BCUT2D eigenvalue weighted by molar-refractivity contribution is 0.0996. The predicted molar refractivity (Wildman–Crippen MR) is 68.7 cm³/mol. The van der Waals surface area contributed by atoms with Crippen molar-refractivity contribution in [1.29, 1.82) is 0 Å². The van der Waals surface area contributed by atoms with Gasteiger partial charge in [0.15, 0.2) is 5.78 Å². The van der Waals surface area contributed by atoms with Gasteiger partial charge in [0.25, 0.3) is 0 Å². The quantitative estimate of drug-likeness (QED) is 0.809. The molecule has 0 aliphatic carbocycles. The van der Waals surface area contributed by atoms with Crippen molar-refractivity contribution in [2.75, 3.05) is 0 Å². The van der Waals surface area contributed by atoms with Crippen LogP contribution in [0.4, 0.5) is 4.39 Å². The molecule has 18 heavy (non-hydrogen) atoms. The Morgan fingerprint density at radius 3 is 2.94 bits per heavy atom. The molecule has 6 heteroatoms. The van der Waals surface area contributed by atoms with E-state index in [0.717, 1.165) is 11.5 Å². The van der Waals surface area contributed by atoms with Gasteiger partial charge < -0.3 is 0 Å². The maximum Gasteiger partial charge on any atom is 0.180 e. The van der Waals surface area contributed by atoms with Crippen molar-refractivity contribution in [3.8, 4) is 0 Å². The summed E-state index contributed by atoms with van der Waals surface area (Å²) in [5, 5.41) is 3.92. The summed E-state index contributed by atoms with van der Waals surface area (Å²) in [6.45, 7) is 1.92. The van der Waals surface area contributed by atoms with Crippen LogP contribution in [0.5, 0.6) is 0 Å². The monoisotopic (exact) mass is 284 g/mol. The number of nitrogens with zero attached hydrogens (tertiary/aromatic N) is 2. The number of rotatable bonds is 4. The van der Waals surface area contributed by atoms with E-state index < -0.39 is 5.82 Å². The Bertz CT molecular complexity index is 585. The van der Waals surface area contributed by atoms with Gasteiger partial charge in [-0.25, -0.2) is 4.39 Å². The molecule has 0 saturated heterocycles. The number of hydrogen-bond acceptors (Lipinski definition) is 4. The van der Waals surface area contributed by atoms with Gasteiger partial charge in [0.05, 0.1) is 10.7 Å². The van der Waals surface area contributed by atoms with E-state index in [0.29, 0.717) is 22.6 Å². The zero-order valence-electron chi connectivity index (χ0n) is 9.61. The van der Waals surface area contributed by atoms with Crippen molar-refractivity contribution >= 4 is 28.9 Å². The normalized spacial score (nSPS) is 10.6. The largest absolute Gasteiger partial charge is 0.293 e. The molecule has 0 unspecified atom stereocenters. The topological polar surface area (TPSA) is 42.9 Å². The van der Waals surface area contributed by atoms with Crippen LogP contribution in [0.3, 0.4) is 0 Å². The fraction of sp³-hybridized carbons (Fsp3) is 0.250. The smallest absolute Gasteiger partial charge is 0.180 e. The minimum atomic E-state index is -0.485. The zero-order chi connectivity index (χ0) is 13.1. The third-order valence-corrected chi connectivity index (χ3v) is 3.59. The molecule has 0 amide bonds. The van der Waals surface area contributed by atoms with Crippen LogP contribution in [0, 0.1) is 5.82 Å². The average Bonchev–Trinajstić information content (AvgIpc) is 2.82. The maximum absolute atomic E-state index is 13.0. The van der Waals surface area contributed by atoms with Crippen molar-refractivity contribution in [2.24, 2.45) is 0 Å². The van der Waals surface area contributed by atoms with E-state index in [2.05, 4.69) is 9.59 Å². The van der Waals surface area contributed by atoms with Crippen molar-refractivity contribution in [1.82, 2.24) is 9.59 Å². The first kappa shape index (κ1) is 13.1. The molecule has 1 aromatic heterocycles. The molecule has 0 N–H and O–H groups in total. The Labute approximate surface area is 113 Å². The fourth-order valence-corrected chi connectivity index (χ4v) is 2.46. The van der Waals surface area contributed by atoms with E-state index in [1.165, 1.54) is 12.1 Å². The molecule has 0 aliphatic rings. The second-order valence-electron chi connectivity index (χ2n) is 3.75. The highest BCUT2D eigenvalue weighted by molar-refractivity contribution is 7.08. The molecular formula is C12H10ClFN2OS. The number of aromatic nitrogens is 2. The van der Waals surface area contributed by atoms with E-state index in [1.807, 2.05) is 6.92 Å². The van der Waals surface area contributed by atoms with E-state index in [1.54, 1.807) is 6.07 Å². The van der Waals surface area contributed by atoms with Gasteiger partial charge in [0.1, 0.15) is 10.7 Å². The van der Waals surface area contributed by atoms with Crippen LogP contribution >= 0.6 is 23.1 Å². The van der Waals surface area contributed by atoms with Crippen LogP contribution in [0.2, 0.25) is 5.02 Å². The summed E-state index contributed by atoms with van der Waals surface area (Å²) in [4.78, 5) is 12.6. The number of aryl methyl sites for hydroxylation is 1. The molecule has 0 bridgehead atoms. The van der Waals surface area contributed by atoms with E-state index in [-0.39, 0.29) is 17.2 Å². The maximum atomic E-state index is 13.0. The molecule has 2 rings (SSSR count). The first-order valence-electron chi connectivity index (χ1n) is 5.40. The van der Waals surface area contributed by atoms with Crippen LogP contribution < -0.4 is 0 Å². The van der Waals surface area contributed by atoms with Crippen molar-refractivity contribution in [3.05, 3.63) is 45.2 Å². The Morgan fingerprint density at radius 2 is 2.28 bits per heavy atom. The first-order chi connectivity index (χ1) is 8.61.